The second-order valence-corrected chi connectivity index (χ2v) is 7.40. The summed E-state index contributed by atoms with van der Waals surface area (Å²) in [6, 6.07) is -2.74. The fourth-order valence-corrected chi connectivity index (χ4v) is 3.00. The minimum atomic E-state index is -1.11. The third-order valence-corrected chi connectivity index (χ3v) is 4.78. The molecule has 1 aromatic heterocycles. The van der Waals surface area contributed by atoms with Gasteiger partial charge in [-0.25, -0.2) is 9.78 Å². The monoisotopic (exact) mass is 414 g/mol. The summed E-state index contributed by atoms with van der Waals surface area (Å²) in [5.41, 5.74) is 12.1. The van der Waals surface area contributed by atoms with E-state index in [1.54, 1.807) is 6.20 Å². The number of nitrogens with two attached hydrogens (primary N) is 2. The lowest BCUT2D eigenvalue weighted by molar-refractivity contribution is -0.142. The van der Waals surface area contributed by atoms with Gasteiger partial charge in [-0.2, -0.15) is 11.8 Å². The van der Waals surface area contributed by atoms with E-state index in [4.69, 9.17) is 11.5 Å². The minimum Gasteiger partial charge on any atom is -0.480 e. The molecule has 3 atom stereocenters. The molecule has 158 valence electrons. The van der Waals surface area contributed by atoms with Crippen LogP contribution in [0.4, 0.5) is 0 Å². The van der Waals surface area contributed by atoms with Gasteiger partial charge in [0.25, 0.3) is 0 Å². The number of nitrogens with zero attached hydrogens (tertiary/aromatic N) is 1. The van der Waals surface area contributed by atoms with Crippen LogP contribution in [0.5, 0.6) is 0 Å². The number of unbranched alkanes of at least 4 members (excludes halogenated alkanes) is 1. The van der Waals surface area contributed by atoms with Crippen LogP contribution in [-0.2, 0) is 20.8 Å². The first-order valence-electron chi connectivity index (χ1n) is 9.14. The lowest BCUT2D eigenvalue weighted by Crippen LogP contribution is -2.54. The molecule has 8 N–H and O–H groups in total. The first-order chi connectivity index (χ1) is 13.4. The zero-order chi connectivity index (χ0) is 20.9. The van der Waals surface area contributed by atoms with Crippen LogP contribution in [0.25, 0.3) is 0 Å². The average molecular weight is 415 g/mol. The molecule has 1 heterocycles. The van der Waals surface area contributed by atoms with Crippen molar-refractivity contribution >= 4 is 29.5 Å². The molecule has 0 saturated carbocycles. The van der Waals surface area contributed by atoms with E-state index in [1.165, 1.54) is 18.1 Å². The standard InChI is InChI=1S/C17H30N6O4S/c1-28-7-5-14(17(26)27)23-16(25)13(4-2-3-6-18)22-15(24)12(19)8-11-9-20-10-21-11/h9-10,12-14H,2-8,18-19H2,1H3,(H,20,21)(H,22,24)(H,23,25)(H,26,27). The normalized spacial score (nSPS) is 14.1. The van der Waals surface area contributed by atoms with E-state index >= 15 is 0 Å². The average Bonchev–Trinajstić information content (AvgIpc) is 3.16. The Bertz CT molecular complexity index is 613. The number of hydrogen-bond donors (Lipinski definition) is 6. The van der Waals surface area contributed by atoms with Crippen molar-refractivity contribution in [2.45, 2.75) is 50.2 Å². The lowest BCUT2D eigenvalue weighted by Gasteiger charge is -2.23. The van der Waals surface area contributed by atoms with E-state index in [-0.39, 0.29) is 6.42 Å². The molecule has 0 aromatic carbocycles. The fourth-order valence-electron chi connectivity index (χ4n) is 2.53. The van der Waals surface area contributed by atoms with Crippen molar-refractivity contribution in [2.24, 2.45) is 11.5 Å². The Morgan fingerprint density at radius 2 is 1.93 bits per heavy atom. The van der Waals surface area contributed by atoms with Crippen LogP contribution in [0.1, 0.15) is 31.4 Å². The summed E-state index contributed by atoms with van der Waals surface area (Å²) in [4.78, 5) is 43.1. The quantitative estimate of drug-likeness (QED) is 0.215. The third kappa shape index (κ3) is 8.72. The molecule has 11 heteroatoms. The maximum atomic E-state index is 12.6. The molecule has 0 spiro atoms. The smallest absolute Gasteiger partial charge is 0.326 e. The van der Waals surface area contributed by atoms with Gasteiger partial charge in [-0.3, -0.25) is 9.59 Å². The summed E-state index contributed by atoms with van der Waals surface area (Å²) < 4.78 is 0. The summed E-state index contributed by atoms with van der Waals surface area (Å²) in [6.07, 6.45) is 7.12. The molecule has 0 aliphatic carbocycles. The second-order valence-electron chi connectivity index (χ2n) is 6.41. The van der Waals surface area contributed by atoms with E-state index in [0.29, 0.717) is 43.7 Å². The zero-order valence-electron chi connectivity index (χ0n) is 16.0. The topological polar surface area (TPSA) is 176 Å². The molecular weight excluding hydrogens is 384 g/mol. The van der Waals surface area contributed by atoms with Crippen LogP contribution in [0.15, 0.2) is 12.5 Å². The van der Waals surface area contributed by atoms with Crippen LogP contribution >= 0.6 is 11.8 Å². The Balaban J connectivity index is 2.72. The molecule has 2 amide bonds. The number of imidazole rings is 1. The Morgan fingerprint density at radius 1 is 1.21 bits per heavy atom. The highest BCUT2D eigenvalue weighted by atomic mass is 32.2. The molecule has 0 fully saturated rings. The van der Waals surface area contributed by atoms with E-state index in [2.05, 4.69) is 20.6 Å². The van der Waals surface area contributed by atoms with Gasteiger partial charge >= 0.3 is 5.97 Å². The second kappa shape index (κ2) is 13.1. The molecular formula is C17H30N6O4S. The predicted molar refractivity (Wildman–Crippen MR) is 108 cm³/mol. The summed E-state index contributed by atoms with van der Waals surface area (Å²) >= 11 is 1.49. The van der Waals surface area contributed by atoms with Gasteiger partial charge < -0.3 is 32.2 Å². The van der Waals surface area contributed by atoms with Crippen molar-refractivity contribution in [1.29, 1.82) is 0 Å². The predicted octanol–water partition coefficient (Wildman–Crippen LogP) is -0.784. The number of carboxylic acids is 1. The van der Waals surface area contributed by atoms with Gasteiger partial charge in [0, 0.05) is 18.3 Å². The van der Waals surface area contributed by atoms with Crippen LogP contribution in [0.2, 0.25) is 0 Å². The van der Waals surface area contributed by atoms with Crippen molar-refractivity contribution in [1.82, 2.24) is 20.6 Å². The summed E-state index contributed by atoms with van der Waals surface area (Å²) in [5.74, 6) is -1.53. The minimum absolute atomic E-state index is 0.244. The van der Waals surface area contributed by atoms with Crippen LogP contribution in [0.3, 0.4) is 0 Å². The highest BCUT2D eigenvalue weighted by molar-refractivity contribution is 7.98. The van der Waals surface area contributed by atoms with Crippen molar-refractivity contribution in [2.75, 3.05) is 18.6 Å². The molecule has 0 aliphatic heterocycles. The zero-order valence-corrected chi connectivity index (χ0v) is 16.8. The van der Waals surface area contributed by atoms with E-state index in [0.717, 1.165) is 0 Å². The van der Waals surface area contributed by atoms with Gasteiger partial charge in [0.05, 0.1) is 12.4 Å². The Morgan fingerprint density at radius 3 is 2.50 bits per heavy atom. The van der Waals surface area contributed by atoms with Gasteiger partial charge in [-0.05, 0) is 44.2 Å². The first kappa shape index (κ1) is 23.9. The molecule has 10 nitrogen and oxygen atoms in total. The molecule has 1 aromatic rings. The SMILES string of the molecule is CSCCC(NC(=O)C(CCCCN)NC(=O)C(N)Cc1cnc[nH]1)C(=O)O. The summed E-state index contributed by atoms with van der Waals surface area (Å²) in [7, 11) is 0. The van der Waals surface area contributed by atoms with E-state index in [1.807, 2.05) is 6.26 Å². The molecule has 0 saturated heterocycles. The highest BCUT2D eigenvalue weighted by Crippen LogP contribution is 2.06. The number of aliphatic carboxylic acids is 1. The summed E-state index contributed by atoms with van der Waals surface area (Å²) in [6.45, 7) is 0.465. The van der Waals surface area contributed by atoms with E-state index < -0.39 is 35.9 Å². The summed E-state index contributed by atoms with van der Waals surface area (Å²) in [5, 5.41) is 14.5. The molecule has 0 bridgehead atoms. The van der Waals surface area contributed by atoms with Gasteiger partial charge in [0.1, 0.15) is 12.1 Å². The van der Waals surface area contributed by atoms with Crippen molar-refractivity contribution in [3.8, 4) is 0 Å². The van der Waals surface area contributed by atoms with Crippen LogP contribution < -0.4 is 22.1 Å². The number of carbonyl (C=O) groups excluding carboxylic acids is 2. The number of amides is 2. The van der Waals surface area contributed by atoms with Gasteiger partial charge in [-0.15, -0.1) is 0 Å². The largest absolute Gasteiger partial charge is 0.480 e. The lowest BCUT2D eigenvalue weighted by atomic mass is 10.1. The molecule has 28 heavy (non-hydrogen) atoms. The maximum Gasteiger partial charge on any atom is 0.326 e. The molecule has 0 aliphatic rings. The number of aromatic nitrogens is 2. The number of rotatable bonds is 14. The number of carboxylic acid groups (broad SMARTS) is 1. The number of nitrogens with one attached hydrogen (secondary N) is 3. The fraction of sp³-hybridized carbons (Fsp3) is 0.647. The van der Waals surface area contributed by atoms with Crippen molar-refractivity contribution < 1.29 is 19.5 Å². The van der Waals surface area contributed by atoms with Crippen molar-refractivity contribution in [3.63, 3.8) is 0 Å². The Hall–Kier alpha value is -2.11. The number of H-pyrrole nitrogens is 1. The molecule has 1 rings (SSSR count). The first-order valence-corrected chi connectivity index (χ1v) is 10.5. The highest BCUT2D eigenvalue weighted by Gasteiger charge is 2.27. The maximum absolute atomic E-state index is 12.6. The van der Waals surface area contributed by atoms with Crippen LogP contribution in [0, 0.1) is 0 Å². The molecule has 0 radical (unpaired) electrons. The number of thioether (sulfide) groups is 1. The van der Waals surface area contributed by atoms with Gasteiger partial charge in [0.15, 0.2) is 0 Å². The molecule has 3 unspecified atom stereocenters. The number of carbonyl (C=O) groups is 3. The Labute approximate surface area is 168 Å². The Kier molecular flexibility index (Phi) is 11.2. The van der Waals surface area contributed by atoms with Gasteiger partial charge in [-0.1, -0.05) is 0 Å². The number of hydrogen-bond acceptors (Lipinski definition) is 7. The van der Waals surface area contributed by atoms with E-state index in [9.17, 15) is 19.5 Å². The third-order valence-electron chi connectivity index (χ3n) is 4.14. The van der Waals surface area contributed by atoms with Crippen LogP contribution in [-0.4, -0.2) is 69.5 Å². The van der Waals surface area contributed by atoms with Crippen molar-refractivity contribution in [3.05, 3.63) is 18.2 Å². The van der Waals surface area contributed by atoms with Gasteiger partial charge in [0.2, 0.25) is 11.8 Å². The number of aromatic amines is 1.